The van der Waals surface area contributed by atoms with Crippen molar-refractivity contribution >= 4 is 46.8 Å². The van der Waals surface area contributed by atoms with Gasteiger partial charge in [0.2, 0.25) is 11.8 Å². The average Bonchev–Trinajstić information content (AvgIpc) is 2.69. The smallest absolute Gasteiger partial charge is 0.243 e. The number of amides is 2. The quantitative estimate of drug-likeness (QED) is 0.447. The van der Waals surface area contributed by atoms with Crippen LogP contribution in [-0.2, 0) is 21.9 Å². The lowest BCUT2D eigenvalue weighted by Crippen LogP contribution is -2.53. The van der Waals surface area contributed by atoms with Gasteiger partial charge in [0, 0.05) is 27.9 Å². The Kier molecular flexibility index (Phi) is 9.93. The van der Waals surface area contributed by atoms with Crippen LogP contribution in [0.3, 0.4) is 0 Å². The van der Waals surface area contributed by atoms with Crippen LogP contribution in [0.2, 0.25) is 10.0 Å². The van der Waals surface area contributed by atoms with Crippen LogP contribution in [0.4, 0.5) is 0 Å². The van der Waals surface area contributed by atoms with Gasteiger partial charge in [-0.3, -0.25) is 9.59 Å². The summed E-state index contributed by atoms with van der Waals surface area (Å²) >= 11 is 14.0. The number of aryl methyl sites for hydroxylation is 1. The topological polar surface area (TPSA) is 49.4 Å². The van der Waals surface area contributed by atoms with Crippen molar-refractivity contribution < 1.29 is 9.59 Å². The third-order valence-corrected chi connectivity index (χ3v) is 6.43. The molecule has 0 aliphatic rings. The Morgan fingerprint density at radius 2 is 1.75 bits per heavy atom. The fourth-order valence-corrected chi connectivity index (χ4v) is 4.57. The molecule has 0 fully saturated rings. The van der Waals surface area contributed by atoms with Crippen molar-refractivity contribution in [2.45, 2.75) is 64.9 Å². The van der Waals surface area contributed by atoms with Crippen LogP contribution in [0, 0.1) is 6.92 Å². The monoisotopic (exact) mass is 494 g/mol. The highest BCUT2D eigenvalue weighted by atomic mass is 35.5. The summed E-state index contributed by atoms with van der Waals surface area (Å²) in [5, 5.41) is 4.02. The van der Waals surface area contributed by atoms with E-state index in [2.05, 4.69) is 29.6 Å². The molecule has 4 nitrogen and oxygen atoms in total. The summed E-state index contributed by atoms with van der Waals surface area (Å²) in [5.74, 6) is 0.747. The zero-order valence-electron chi connectivity index (χ0n) is 19.4. The lowest BCUT2D eigenvalue weighted by molar-refractivity contribution is -0.140. The largest absolute Gasteiger partial charge is 0.350 e. The molecule has 2 rings (SSSR count). The molecule has 32 heavy (non-hydrogen) atoms. The highest BCUT2D eigenvalue weighted by Gasteiger charge is 2.30. The van der Waals surface area contributed by atoms with E-state index in [4.69, 9.17) is 23.2 Å². The van der Waals surface area contributed by atoms with Gasteiger partial charge in [0.25, 0.3) is 0 Å². The molecule has 0 saturated carbocycles. The van der Waals surface area contributed by atoms with Crippen LogP contribution >= 0.6 is 35.0 Å². The molecule has 0 radical (unpaired) electrons. The Balaban J connectivity index is 2.19. The SMILES string of the molecule is CC[C@@H](C(=O)NC(C)(C)C)N(Cc1ccc(Cl)cc1Cl)C(=O)CSCc1ccc(C)cc1. The molecule has 0 spiro atoms. The lowest BCUT2D eigenvalue weighted by atomic mass is 10.1. The standard InChI is InChI=1S/C25H32Cl2N2O2S/c1-6-22(24(31)28-25(3,4)5)29(14-19-11-12-20(26)13-21(19)27)23(30)16-32-15-18-9-7-17(2)8-10-18/h7-13,22H,6,14-16H2,1-5H3,(H,28,31)/t22-/m0/s1. The van der Waals surface area contributed by atoms with Crippen LogP contribution in [-0.4, -0.2) is 34.0 Å². The van der Waals surface area contributed by atoms with E-state index in [1.165, 1.54) is 11.1 Å². The van der Waals surface area contributed by atoms with Crippen molar-refractivity contribution in [2.75, 3.05) is 5.75 Å². The number of halogens is 2. The second-order valence-corrected chi connectivity index (χ2v) is 10.7. The third-order valence-electron chi connectivity index (χ3n) is 4.85. The van der Waals surface area contributed by atoms with Crippen molar-refractivity contribution in [1.29, 1.82) is 0 Å². The van der Waals surface area contributed by atoms with Gasteiger partial charge in [0.05, 0.1) is 5.75 Å². The van der Waals surface area contributed by atoms with Gasteiger partial charge in [-0.25, -0.2) is 0 Å². The first-order valence-electron chi connectivity index (χ1n) is 10.7. The molecular formula is C25H32Cl2N2O2S. The fourth-order valence-electron chi connectivity index (χ4n) is 3.23. The highest BCUT2D eigenvalue weighted by molar-refractivity contribution is 7.99. The number of thioether (sulfide) groups is 1. The minimum Gasteiger partial charge on any atom is -0.350 e. The zero-order valence-corrected chi connectivity index (χ0v) is 21.7. The molecule has 0 aliphatic heterocycles. The molecule has 2 aromatic rings. The Labute approximate surface area is 206 Å². The minimum absolute atomic E-state index is 0.0935. The maximum Gasteiger partial charge on any atom is 0.243 e. The lowest BCUT2D eigenvalue weighted by Gasteiger charge is -2.33. The molecular weight excluding hydrogens is 463 g/mol. The molecule has 0 heterocycles. The summed E-state index contributed by atoms with van der Waals surface area (Å²) in [7, 11) is 0. The van der Waals surface area contributed by atoms with E-state index in [1.807, 2.05) is 34.6 Å². The van der Waals surface area contributed by atoms with E-state index in [0.29, 0.717) is 16.5 Å². The van der Waals surface area contributed by atoms with E-state index >= 15 is 0 Å². The van der Waals surface area contributed by atoms with Crippen LogP contribution in [0.15, 0.2) is 42.5 Å². The van der Waals surface area contributed by atoms with E-state index < -0.39 is 11.6 Å². The van der Waals surface area contributed by atoms with Crippen molar-refractivity contribution in [3.8, 4) is 0 Å². The van der Waals surface area contributed by atoms with Gasteiger partial charge >= 0.3 is 0 Å². The summed E-state index contributed by atoms with van der Waals surface area (Å²) in [4.78, 5) is 28.0. The number of carbonyl (C=O) groups excluding carboxylic acids is 2. The van der Waals surface area contributed by atoms with Gasteiger partial charge in [0.1, 0.15) is 6.04 Å². The minimum atomic E-state index is -0.589. The summed E-state index contributed by atoms with van der Waals surface area (Å²) in [5.41, 5.74) is 2.74. The van der Waals surface area contributed by atoms with E-state index in [9.17, 15) is 9.59 Å². The number of nitrogens with zero attached hydrogens (tertiary/aromatic N) is 1. The number of hydrogen-bond acceptors (Lipinski definition) is 3. The van der Waals surface area contributed by atoms with Gasteiger partial charge < -0.3 is 10.2 Å². The van der Waals surface area contributed by atoms with Gasteiger partial charge in [-0.1, -0.05) is 66.0 Å². The Hall–Kier alpha value is -1.69. The number of rotatable bonds is 9. The van der Waals surface area contributed by atoms with Crippen LogP contribution < -0.4 is 5.32 Å². The van der Waals surface area contributed by atoms with E-state index in [-0.39, 0.29) is 24.1 Å². The second kappa shape index (κ2) is 12.0. The van der Waals surface area contributed by atoms with Crippen LogP contribution in [0.25, 0.3) is 0 Å². The summed E-state index contributed by atoms with van der Waals surface area (Å²) < 4.78 is 0. The molecule has 7 heteroatoms. The van der Waals surface area contributed by atoms with Crippen LogP contribution in [0.5, 0.6) is 0 Å². The third kappa shape index (κ3) is 8.34. The van der Waals surface area contributed by atoms with Gasteiger partial charge in [-0.05, 0) is 57.4 Å². The van der Waals surface area contributed by atoms with Gasteiger partial charge in [0.15, 0.2) is 0 Å². The molecule has 174 valence electrons. The van der Waals surface area contributed by atoms with Gasteiger partial charge in [-0.2, -0.15) is 0 Å². The van der Waals surface area contributed by atoms with Crippen molar-refractivity contribution in [3.63, 3.8) is 0 Å². The predicted molar refractivity (Wildman–Crippen MR) is 136 cm³/mol. The first-order chi connectivity index (χ1) is 15.0. The number of nitrogens with one attached hydrogen (secondary N) is 1. The molecule has 1 N–H and O–H groups in total. The zero-order chi connectivity index (χ0) is 23.9. The fraction of sp³-hybridized carbons (Fsp3) is 0.440. The predicted octanol–water partition coefficient (Wildman–Crippen LogP) is 6.26. The number of benzene rings is 2. The Morgan fingerprint density at radius 3 is 2.31 bits per heavy atom. The maximum absolute atomic E-state index is 13.3. The number of carbonyl (C=O) groups is 2. The van der Waals surface area contributed by atoms with Gasteiger partial charge in [-0.15, -0.1) is 11.8 Å². The molecule has 2 aromatic carbocycles. The first kappa shape index (κ1) is 26.6. The molecule has 0 unspecified atom stereocenters. The average molecular weight is 496 g/mol. The van der Waals surface area contributed by atoms with E-state index in [0.717, 1.165) is 11.3 Å². The van der Waals surface area contributed by atoms with E-state index in [1.54, 1.807) is 34.9 Å². The van der Waals surface area contributed by atoms with Crippen molar-refractivity contribution in [2.24, 2.45) is 0 Å². The number of hydrogen-bond donors (Lipinski definition) is 1. The first-order valence-corrected chi connectivity index (χ1v) is 12.6. The van der Waals surface area contributed by atoms with Crippen LogP contribution in [0.1, 0.15) is 50.8 Å². The van der Waals surface area contributed by atoms with Crippen molar-refractivity contribution in [1.82, 2.24) is 10.2 Å². The normalized spacial score (nSPS) is 12.3. The summed E-state index contributed by atoms with van der Waals surface area (Å²) in [6.45, 7) is 9.99. The Morgan fingerprint density at radius 1 is 1.09 bits per heavy atom. The van der Waals surface area contributed by atoms with Crippen molar-refractivity contribution in [3.05, 3.63) is 69.2 Å². The molecule has 2 amide bonds. The summed E-state index contributed by atoms with van der Waals surface area (Å²) in [6.07, 6.45) is 0.501. The molecule has 1 atom stereocenters. The maximum atomic E-state index is 13.3. The highest BCUT2D eigenvalue weighted by Crippen LogP contribution is 2.25. The molecule has 0 bridgehead atoms. The molecule has 0 aromatic heterocycles. The summed E-state index contributed by atoms with van der Waals surface area (Å²) in [6, 6.07) is 12.9. The molecule has 0 aliphatic carbocycles. The second-order valence-electron chi connectivity index (χ2n) is 8.90. The molecule has 0 saturated heterocycles. The Bertz CT molecular complexity index is 927.